The van der Waals surface area contributed by atoms with Gasteiger partial charge in [0.05, 0.1) is 11.1 Å². The van der Waals surface area contributed by atoms with Crippen LogP contribution in [0.25, 0.3) is 60.1 Å². The summed E-state index contributed by atoms with van der Waals surface area (Å²) in [7, 11) is 0. The van der Waals surface area contributed by atoms with Crippen molar-refractivity contribution in [3.05, 3.63) is 125 Å². The van der Waals surface area contributed by atoms with Crippen molar-refractivity contribution in [1.82, 2.24) is 4.57 Å². The number of para-hydroxylation sites is 1. The number of aromatic nitrogens is 1. The van der Waals surface area contributed by atoms with Gasteiger partial charge in [-0.1, -0.05) is 88.8 Å². The maximum atomic E-state index is 6.45. The largest absolute Gasteiger partial charge is 0.455 e. The summed E-state index contributed by atoms with van der Waals surface area (Å²) in [4.78, 5) is 0. The van der Waals surface area contributed by atoms with Crippen LogP contribution in [0.15, 0.2) is 124 Å². The zero-order valence-corrected chi connectivity index (χ0v) is 22.5. The van der Waals surface area contributed by atoms with Gasteiger partial charge in [-0.05, 0) is 72.3 Å². The van der Waals surface area contributed by atoms with Gasteiger partial charge in [0.1, 0.15) is 11.2 Å². The van der Waals surface area contributed by atoms with Crippen molar-refractivity contribution in [2.75, 3.05) is 0 Å². The van der Waals surface area contributed by atoms with Crippen LogP contribution < -0.4 is 0 Å². The standard InChI is InChI=1S/C35H24BrNO/c1-35(17-7-10-24(21-35)22-8-3-2-4-9-22)37-31-16-14-25(36)19-30(31)29-18-23-13-15-27-26-11-5-6-12-33(26)38-34(27)28(23)20-32(29)37/h2-20H,21H2,1H3. The molecule has 1 aliphatic rings. The molecule has 0 spiro atoms. The highest BCUT2D eigenvalue weighted by Crippen LogP contribution is 2.44. The molecule has 1 atom stereocenters. The number of hydrogen-bond acceptors (Lipinski definition) is 1. The van der Waals surface area contributed by atoms with Gasteiger partial charge in [0, 0.05) is 36.9 Å². The Labute approximate surface area is 228 Å². The Kier molecular flexibility index (Phi) is 4.60. The van der Waals surface area contributed by atoms with Crippen molar-refractivity contribution in [2.24, 2.45) is 0 Å². The molecule has 0 aliphatic heterocycles. The summed E-state index contributed by atoms with van der Waals surface area (Å²) in [6.07, 6.45) is 7.75. The molecule has 2 aromatic heterocycles. The lowest BCUT2D eigenvalue weighted by atomic mass is 9.84. The van der Waals surface area contributed by atoms with E-state index in [0.29, 0.717) is 0 Å². The second-order valence-electron chi connectivity index (χ2n) is 10.6. The Morgan fingerprint density at radius 3 is 2.45 bits per heavy atom. The Bertz CT molecular complexity index is 2130. The molecule has 0 amide bonds. The molecule has 0 saturated heterocycles. The average molecular weight is 554 g/mol. The molecule has 2 nitrogen and oxygen atoms in total. The van der Waals surface area contributed by atoms with Gasteiger partial charge in [-0.25, -0.2) is 0 Å². The van der Waals surface area contributed by atoms with E-state index in [9.17, 15) is 0 Å². The van der Waals surface area contributed by atoms with E-state index in [1.165, 1.54) is 38.3 Å². The molecule has 0 radical (unpaired) electrons. The van der Waals surface area contributed by atoms with Crippen molar-refractivity contribution < 1.29 is 4.42 Å². The number of furan rings is 1. The maximum Gasteiger partial charge on any atom is 0.143 e. The summed E-state index contributed by atoms with van der Waals surface area (Å²) in [6.45, 7) is 2.35. The summed E-state index contributed by atoms with van der Waals surface area (Å²) in [5.74, 6) is 0. The number of allylic oxidation sites excluding steroid dienone is 4. The maximum absolute atomic E-state index is 6.45. The van der Waals surface area contributed by atoms with Crippen molar-refractivity contribution >= 4 is 76.0 Å². The first-order valence-corrected chi connectivity index (χ1v) is 13.8. The molecule has 0 saturated carbocycles. The lowest BCUT2D eigenvalue weighted by Gasteiger charge is -2.34. The smallest absolute Gasteiger partial charge is 0.143 e. The van der Waals surface area contributed by atoms with Crippen LogP contribution in [0.3, 0.4) is 0 Å². The second-order valence-corrected chi connectivity index (χ2v) is 11.5. The molecule has 3 heteroatoms. The lowest BCUT2D eigenvalue weighted by Crippen LogP contribution is -2.29. The number of nitrogens with zero attached hydrogens (tertiary/aromatic N) is 1. The van der Waals surface area contributed by atoms with Gasteiger partial charge >= 0.3 is 0 Å². The van der Waals surface area contributed by atoms with Crippen LogP contribution in [0.2, 0.25) is 0 Å². The molecule has 0 fully saturated rings. The zero-order valence-electron chi connectivity index (χ0n) is 20.9. The third-order valence-electron chi connectivity index (χ3n) is 8.16. The van der Waals surface area contributed by atoms with Gasteiger partial charge in [0.2, 0.25) is 0 Å². The minimum absolute atomic E-state index is 0.233. The highest BCUT2D eigenvalue weighted by atomic mass is 79.9. The molecular weight excluding hydrogens is 530 g/mol. The van der Waals surface area contributed by atoms with Gasteiger partial charge < -0.3 is 8.98 Å². The summed E-state index contributed by atoms with van der Waals surface area (Å²) in [6, 6.07) is 34.8. The molecule has 1 aliphatic carbocycles. The van der Waals surface area contributed by atoms with E-state index in [1.54, 1.807) is 0 Å². The van der Waals surface area contributed by atoms with Crippen LogP contribution in [0.1, 0.15) is 18.9 Å². The number of fused-ring (bicyclic) bond motifs is 8. The molecule has 38 heavy (non-hydrogen) atoms. The fraction of sp³-hybridized carbons (Fsp3) is 0.0857. The van der Waals surface area contributed by atoms with Gasteiger partial charge in [-0.3, -0.25) is 0 Å². The molecule has 0 N–H and O–H groups in total. The van der Waals surface area contributed by atoms with Crippen LogP contribution in [-0.2, 0) is 5.54 Å². The predicted octanol–water partition coefficient (Wildman–Crippen LogP) is 10.4. The van der Waals surface area contributed by atoms with Gasteiger partial charge in [-0.2, -0.15) is 0 Å². The predicted molar refractivity (Wildman–Crippen MR) is 164 cm³/mol. The van der Waals surface area contributed by atoms with Crippen molar-refractivity contribution in [1.29, 1.82) is 0 Å². The minimum atomic E-state index is -0.233. The summed E-state index contributed by atoms with van der Waals surface area (Å²) < 4.78 is 10.1. The van der Waals surface area contributed by atoms with Crippen LogP contribution in [0.5, 0.6) is 0 Å². The molecule has 1 unspecified atom stereocenters. The summed E-state index contributed by atoms with van der Waals surface area (Å²) in [5, 5.41) is 7.18. The fourth-order valence-corrected chi connectivity index (χ4v) is 6.78. The lowest BCUT2D eigenvalue weighted by molar-refractivity contribution is 0.444. The van der Waals surface area contributed by atoms with Gasteiger partial charge in [0.15, 0.2) is 0 Å². The van der Waals surface area contributed by atoms with E-state index in [0.717, 1.165) is 38.2 Å². The van der Waals surface area contributed by atoms with E-state index in [4.69, 9.17) is 4.42 Å². The highest BCUT2D eigenvalue weighted by molar-refractivity contribution is 9.10. The van der Waals surface area contributed by atoms with E-state index in [1.807, 2.05) is 6.07 Å². The van der Waals surface area contributed by atoms with Crippen LogP contribution in [-0.4, -0.2) is 4.57 Å². The van der Waals surface area contributed by atoms with Crippen LogP contribution >= 0.6 is 15.9 Å². The number of benzene rings is 5. The SMILES string of the molecule is CC1(n2c3ccc(Br)cc3c3cc4ccc5c6ccccc6oc5c4cc32)C=CC=C(c2ccccc2)C1. The van der Waals surface area contributed by atoms with Crippen molar-refractivity contribution in [3.63, 3.8) is 0 Å². The van der Waals surface area contributed by atoms with E-state index < -0.39 is 0 Å². The topological polar surface area (TPSA) is 18.1 Å². The molecular formula is C35H24BrNO. The molecule has 7 aromatic rings. The monoisotopic (exact) mass is 553 g/mol. The Morgan fingerprint density at radius 2 is 1.55 bits per heavy atom. The molecule has 5 aromatic carbocycles. The number of halogens is 1. The van der Waals surface area contributed by atoms with E-state index in [-0.39, 0.29) is 5.54 Å². The quantitative estimate of drug-likeness (QED) is 0.208. The average Bonchev–Trinajstić information content (AvgIpc) is 3.48. The third kappa shape index (κ3) is 3.12. The van der Waals surface area contributed by atoms with Crippen molar-refractivity contribution in [2.45, 2.75) is 18.9 Å². The summed E-state index contributed by atoms with van der Waals surface area (Å²) >= 11 is 3.73. The molecule has 8 rings (SSSR count). The van der Waals surface area contributed by atoms with E-state index in [2.05, 4.69) is 137 Å². The zero-order chi connectivity index (χ0) is 25.4. The minimum Gasteiger partial charge on any atom is -0.455 e. The molecule has 0 bridgehead atoms. The third-order valence-corrected chi connectivity index (χ3v) is 8.66. The number of hydrogen-bond donors (Lipinski definition) is 0. The van der Waals surface area contributed by atoms with E-state index >= 15 is 0 Å². The molecule has 182 valence electrons. The first-order chi connectivity index (χ1) is 18.6. The van der Waals surface area contributed by atoms with Crippen LogP contribution in [0.4, 0.5) is 0 Å². The second kappa shape index (κ2) is 7.96. The Hall–Kier alpha value is -4.08. The first-order valence-electron chi connectivity index (χ1n) is 13.0. The summed E-state index contributed by atoms with van der Waals surface area (Å²) in [5.41, 5.74) is 6.74. The van der Waals surface area contributed by atoms with Gasteiger partial charge in [0.25, 0.3) is 0 Å². The fourth-order valence-electron chi connectivity index (χ4n) is 6.42. The normalized spacial score (nSPS) is 17.8. The Balaban J connectivity index is 1.44. The van der Waals surface area contributed by atoms with Crippen LogP contribution in [0, 0.1) is 0 Å². The Morgan fingerprint density at radius 1 is 0.737 bits per heavy atom. The highest BCUT2D eigenvalue weighted by Gasteiger charge is 2.31. The van der Waals surface area contributed by atoms with Gasteiger partial charge in [-0.15, -0.1) is 0 Å². The number of rotatable bonds is 2. The molecule has 2 heterocycles. The first kappa shape index (κ1) is 22.0. The van der Waals surface area contributed by atoms with Crippen molar-refractivity contribution in [3.8, 4) is 0 Å².